The van der Waals surface area contributed by atoms with Crippen molar-refractivity contribution >= 4 is 0 Å². The molecule has 1 unspecified atom stereocenters. The molecule has 3 nitrogen and oxygen atoms in total. The van der Waals surface area contributed by atoms with Gasteiger partial charge in [0.1, 0.15) is 11.9 Å². The number of nitrogens with zero attached hydrogens (tertiary/aromatic N) is 2. The summed E-state index contributed by atoms with van der Waals surface area (Å²) >= 11 is 0. The number of rotatable bonds is 2. The van der Waals surface area contributed by atoms with E-state index >= 15 is 0 Å². The molecule has 0 radical (unpaired) electrons. The number of oxazole rings is 1. The van der Waals surface area contributed by atoms with Gasteiger partial charge in [0.15, 0.2) is 6.39 Å². The summed E-state index contributed by atoms with van der Waals surface area (Å²) in [6, 6.07) is 0. The second-order valence-corrected chi connectivity index (χ2v) is 3.85. The minimum atomic E-state index is -1.02. The Balaban J connectivity index is 1.91. The Bertz CT molecular complexity index is 271. The van der Waals surface area contributed by atoms with Gasteiger partial charge in [0.05, 0.1) is 5.69 Å². The van der Waals surface area contributed by atoms with Gasteiger partial charge in [0.25, 0.3) is 0 Å². The van der Waals surface area contributed by atoms with Crippen molar-refractivity contribution in [3.63, 3.8) is 0 Å². The number of alkyl halides is 1. The third-order valence-electron chi connectivity index (χ3n) is 2.37. The van der Waals surface area contributed by atoms with Crippen LogP contribution in [0.1, 0.15) is 19.0 Å². The van der Waals surface area contributed by atoms with Crippen molar-refractivity contribution in [3.8, 4) is 0 Å². The van der Waals surface area contributed by atoms with Crippen LogP contribution in [0.5, 0.6) is 0 Å². The lowest BCUT2D eigenvalue weighted by molar-refractivity contribution is 0.186. The van der Waals surface area contributed by atoms with E-state index in [0.29, 0.717) is 19.5 Å². The normalized spacial score (nSPS) is 29.7. The third-order valence-corrected chi connectivity index (χ3v) is 2.37. The van der Waals surface area contributed by atoms with Crippen LogP contribution in [0.15, 0.2) is 17.1 Å². The van der Waals surface area contributed by atoms with E-state index < -0.39 is 5.67 Å². The summed E-state index contributed by atoms with van der Waals surface area (Å²) < 4.78 is 18.2. The molecule has 1 aliphatic rings. The number of hydrogen-bond donors (Lipinski definition) is 0. The second kappa shape index (κ2) is 3.10. The molecule has 1 aromatic rings. The van der Waals surface area contributed by atoms with Crippen LogP contribution in [0, 0.1) is 0 Å². The van der Waals surface area contributed by atoms with Gasteiger partial charge < -0.3 is 4.42 Å². The minimum Gasteiger partial charge on any atom is -0.451 e. The molecule has 0 spiro atoms. The Kier molecular flexibility index (Phi) is 2.07. The Labute approximate surface area is 76.6 Å². The average Bonchev–Trinajstić information content (AvgIpc) is 2.61. The van der Waals surface area contributed by atoms with E-state index in [4.69, 9.17) is 4.42 Å². The van der Waals surface area contributed by atoms with E-state index in [1.54, 1.807) is 13.2 Å². The number of aromatic nitrogens is 1. The number of hydrogen-bond acceptors (Lipinski definition) is 3. The van der Waals surface area contributed by atoms with Gasteiger partial charge in [-0.25, -0.2) is 9.37 Å². The van der Waals surface area contributed by atoms with E-state index in [0.717, 1.165) is 12.2 Å². The first kappa shape index (κ1) is 8.69. The molecule has 0 aromatic carbocycles. The van der Waals surface area contributed by atoms with Gasteiger partial charge in [-0.3, -0.25) is 4.90 Å². The Morgan fingerprint density at radius 1 is 1.77 bits per heavy atom. The molecule has 0 saturated carbocycles. The lowest BCUT2D eigenvalue weighted by Gasteiger charge is -2.15. The Hall–Kier alpha value is -0.900. The molecule has 1 saturated heterocycles. The van der Waals surface area contributed by atoms with Gasteiger partial charge in [0.2, 0.25) is 0 Å². The van der Waals surface area contributed by atoms with Crippen molar-refractivity contribution in [1.29, 1.82) is 0 Å². The zero-order valence-corrected chi connectivity index (χ0v) is 7.66. The molecule has 0 bridgehead atoms. The van der Waals surface area contributed by atoms with Crippen LogP contribution < -0.4 is 0 Å². The van der Waals surface area contributed by atoms with Gasteiger partial charge in [-0.05, 0) is 13.3 Å². The van der Waals surface area contributed by atoms with E-state index in [2.05, 4.69) is 9.88 Å². The minimum absolute atomic E-state index is 0.500. The van der Waals surface area contributed by atoms with Crippen LogP contribution in [0.25, 0.3) is 0 Å². The van der Waals surface area contributed by atoms with Crippen LogP contribution in [-0.2, 0) is 6.54 Å². The predicted octanol–water partition coefficient (Wildman–Crippen LogP) is 1.61. The molecule has 1 atom stereocenters. The largest absolute Gasteiger partial charge is 0.451 e. The molecule has 1 fully saturated rings. The maximum atomic E-state index is 13.4. The molecule has 0 amide bonds. The molecule has 2 rings (SSSR count). The van der Waals surface area contributed by atoms with E-state index in [1.807, 2.05) is 0 Å². The molecular formula is C9H13FN2O. The standard InChI is InChI=1S/C9H13FN2O/c1-9(10)2-3-12(6-9)4-8-5-13-7-11-8/h5,7H,2-4,6H2,1H3. The van der Waals surface area contributed by atoms with Crippen molar-refractivity contribution in [1.82, 2.24) is 9.88 Å². The van der Waals surface area contributed by atoms with Crippen LogP contribution in [0.3, 0.4) is 0 Å². The van der Waals surface area contributed by atoms with Gasteiger partial charge >= 0.3 is 0 Å². The fraction of sp³-hybridized carbons (Fsp3) is 0.667. The quantitative estimate of drug-likeness (QED) is 0.699. The van der Waals surface area contributed by atoms with Crippen molar-refractivity contribution in [2.75, 3.05) is 13.1 Å². The lowest BCUT2D eigenvalue weighted by atomic mass is 10.1. The van der Waals surface area contributed by atoms with Crippen LogP contribution in [0.4, 0.5) is 4.39 Å². The molecule has 13 heavy (non-hydrogen) atoms. The Morgan fingerprint density at radius 3 is 3.15 bits per heavy atom. The van der Waals surface area contributed by atoms with Gasteiger partial charge in [0, 0.05) is 19.6 Å². The molecule has 1 aliphatic heterocycles. The summed E-state index contributed by atoms with van der Waals surface area (Å²) in [5, 5.41) is 0. The maximum absolute atomic E-state index is 13.4. The summed E-state index contributed by atoms with van der Waals surface area (Å²) in [7, 11) is 0. The SMILES string of the molecule is CC1(F)CCN(Cc2cocn2)C1. The van der Waals surface area contributed by atoms with Crippen molar-refractivity contribution in [3.05, 3.63) is 18.4 Å². The topological polar surface area (TPSA) is 29.3 Å². The van der Waals surface area contributed by atoms with Crippen LogP contribution >= 0.6 is 0 Å². The number of likely N-dealkylation sites (tertiary alicyclic amines) is 1. The first-order valence-corrected chi connectivity index (χ1v) is 4.44. The summed E-state index contributed by atoms with van der Waals surface area (Å²) in [6.45, 7) is 3.64. The van der Waals surface area contributed by atoms with Gasteiger partial charge in [-0.1, -0.05) is 0 Å². The second-order valence-electron chi connectivity index (χ2n) is 3.85. The van der Waals surface area contributed by atoms with Gasteiger partial charge in [-0.2, -0.15) is 0 Å². The fourth-order valence-corrected chi connectivity index (χ4v) is 1.70. The van der Waals surface area contributed by atoms with E-state index in [1.165, 1.54) is 6.39 Å². The highest BCUT2D eigenvalue weighted by molar-refractivity contribution is 4.94. The molecule has 72 valence electrons. The van der Waals surface area contributed by atoms with Gasteiger partial charge in [-0.15, -0.1) is 0 Å². The Morgan fingerprint density at radius 2 is 2.62 bits per heavy atom. The van der Waals surface area contributed by atoms with E-state index in [9.17, 15) is 4.39 Å². The highest BCUT2D eigenvalue weighted by Gasteiger charge is 2.33. The van der Waals surface area contributed by atoms with Crippen molar-refractivity contribution < 1.29 is 8.81 Å². The van der Waals surface area contributed by atoms with Crippen LogP contribution in [-0.4, -0.2) is 28.6 Å². The number of halogens is 1. The van der Waals surface area contributed by atoms with E-state index in [-0.39, 0.29) is 0 Å². The highest BCUT2D eigenvalue weighted by Crippen LogP contribution is 2.25. The maximum Gasteiger partial charge on any atom is 0.180 e. The zero-order chi connectivity index (χ0) is 9.31. The van der Waals surface area contributed by atoms with Crippen molar-refractivity contribution in [2.24, 2.45) is 0 Å². The summed E-state index contributed by atoms with van der Waals surface area (Å²) in [5.74, 6) is 0. The molecular weight excluding hydrogens is 171 g/mol. The molecule has 0 aliphatic carbocycles. The molecule has 1 aromatic heterocycles. The monoisotopic (exact) mass is 184 g/mol. The van der Waals surface area contributed by atoms with Crippen LogP contribution in [0.2, 0.25) is 0 Å². The predicted molar refractivity (Wildman–Crippen MR) is 45.9 cm³/mol. The zero-order valence-electron chi connectivity index (χ0n) is 7.66. The first-order valence-electron chi connectivity index (χ1n) is 4.44. The fourth-order valence-electron chi connectivity index (χ4n) is 1.70. The first-order chi connectivity index (χ1) is 6.16. The highest BCUT2D eigenvalue weighted by atomic mass is 19.1. The summed E-state index contributed by atoms with van der Waals surface area (Å²) in [6.07, 6.45) is 3.62. The average molecular weight is 184 g/mol. The molecule has 4 heteroatoms. The van der Waals surface area contributed by atoms with Crippen molar-refractivity contribution in [2.45, 2.75) is 25.6 Å². The smallest absolute Gasteiger partial charge is 0.180 e. The molecule has 2 heterocycles. The lowest BCUT2D eigenvalue weighted by Crippen LogP contribution is -2.25. The third kappa shape index (κ3) is 2.06. The summed E-state index contributed by atoms with van der Waals surface area (Å²) in [5.41, 5.74) is -0.151. The molecule has 0 N–H and O–H groups in total. The summed E-state index contributed by atoms with van der Waals surface area (Å²) in [4.78, 5) is 6.05.